The second-order valence-corrected chi connectivity index (χ2v) is 6.50. The Hall–Kier alpha value is -2.84. The minimum atomic E-state index is -0.419. The van der Waals surface area contributed by atoms with Gasteiger partial charge in [-0.15, -0.1) is 5.10 Å². The first-order valence-corrected chi connectivity index (χ1v) is 8.67. The van der Waals surface area contributed by atoms with Crippen LogP contribution < -0.4 is 15.4 Å². The zero-order valence-corrected chi connectivity index (χ0v) is 15.9. The Morgan fingerprint density at radius 2 is 2.19 bits per heavy atom. The predicted octanol–water partition coefficient (Wildman–Crippen LogP) is 3.30. The van der Waals surface area contributed by atoms with Crippen LogP contribution in [0.1, 0.15) is 29.8 Å². The average Bonchev–Trinajstić information content (AvgIpc) is 3.06. The van der Waals surface area contributed by atoms with E-state index >= 15 is 0 Å². The van der Waals surface area contributed by atoms with Gasteiger partial charge in [-0.3, -0.25) is 10.4 Å². The normalized spacial score (nSPS) is 12.0. The number of amides is 2. The minimum Gasteiger partial charge on any atom is -0.479 e. The van der Waals surface area contributed by atoms with E-state index in [9.17, 15) is 9.90 Å². The molecular weight excluding hydrogens is 370 g/mol. The molecule has 0 aliphatic rings. The lowest BCUT2D eigenvalue weighted by atomic mass is 10.1. The number of rotatable bonds is 5. The molecule has 4 N–H and O–H groups in total. The van der Waals surface area contributed by atoms with Gasteiger partial charge in [0, 0.05) is 11.1 Å². The first kappa shape index (κ1) is 18.9. The highest BCUT2D eigenvalue weighted by Gasteiger charge is 2.16. The van der Waals surface area contributed by atoms with Gasteiger partial charge >= 0.3 is 6.03 Å². The number of H-pyrrole nitrogens is 1. The molecule has 8 nitrogen and oxygen atoms in total. The molecule has 2 amide bonds. The summed E-state index contributed by atoms with van der Waals surface area (Å²) in [5.41, 5.74) is 2.83. The van der Waals surface area contributed by atoms with Gasteiger partial charge in [-0.2, -0.15) is 0 Å². The molecule has 9 heteroatoms. The molecule has 0 spiro atoms. The molecule has 0 unspecified atom stereocenters. The van der Waals surface area contributed by atoms with E-state index in [4.69, 9.17) is 16.3 Å². The smallest absolute Gasteiger partial charge is 0.320 e. The van der Waals surface area contributed by atoms with Gasteiger partial charge in [0.2, 0.25) is 5.88 Å². The van der Waals surface area contributed by atoms with Gasteiger partial charge in [0.1, 0.15) is 5.82 Å². The average molecular weight is 390 g/mol. The Balaban J connectivity index is 1.76. The van der Waals surface area contributed by atoms with Crippen LogP contribution in [0.25, 0.3) is 10.9 Å². The third kappa shape index (κ3) is 3.96. The van der Waals surface area contributed by atoms with E-state index in [1.807, 2.05) is 26.0 Å². The zero-order valence-electron chi connectivity index (χ0n) is 15.1. The standard InChI is InChI=1S/C18H20ClN5O3/c1-9-6-11(4-5-12(9)19)10(2)20-18(26)22-15-7-13-16(14(8-25)21-15)17(27-3)24-23-13/h4-7,10,25H,8H2,1-3H3,(H,23,24)(H2,20,21,22,26)/t10-/m1/s1. The molecule has 2 aromatic heterocycles. The van der Waals surface area contributed by atoms with Crippen LogP contribution in [0.3, 0.4) is 0 Å². The molecule has 2 heterocycles. The number of halogens is 1. The minimum absolute atomic E-state index is 0.228. The highest BCUT2D eigenvalue weighted by molar-refractivity contribution is 6.31. The number of aryl methyl sites for hydroxylation is 1. The third-order valence-corrected chi connectivity index (χ3v) is 4.62. The van der Waals surface area contributed by atoms with E-state index in [-0.39, 0.29) is 18.5 Å². The Morgan fingerprint density at radius 3 is 2.85 bits per heavy atom. The third-order valence-electron chi connectivity index (χ3n) is 4.20. The first-order chi connectivity index (χ1) is 12.9. The fraction of sp³-hybridized carbons (Fsp3) is 0.278. The quantitative estimate of drug-likeness (QED) is 0.534. The number of nitrogens with one attached hydrogen (secondary N) is 3. The lowest BCUT2D eigenvalue weighted by Gasteiger charge is -2.16. The van der Waals surface area contributed by atoms with Crippen molar-refractivity contribution in [1.29, 1.82) is 0 Å². The molecule has 0 saturated carbocycles. The summed E-state index contributed by atoms with van der Waals surface area (Å²) in [6, 6.07) is 6.58. The topological polar surface area (TPSA) is 112 Å². The van der Waals surface area contributed by atoms with Gasteiger partial charge in [-0.1, -0.05) is 23.7 Å². The van der Waals surface area contributed by atoms with Crippen LogP contribution in [0.2, 0.25) is 5.02 Å². The van der Waals surface area contributed by atoms with Crippen LogP contribution in [0.5, 0.6) is 5.88 Å². The number of hydrogen-bond acceptors (Lipinski definition) is 5. The number of aromatic amines is 1. The first-order valence-electron chi connectivity index (χ1n) is 8.29. The van der Waals surface area contributed by atoms with Crippen LogP contribution in [0.15, 0.2) is 24.3 Å². The van der Waals surface area contributed by atoms with E-state index in [1.54, 1.807) is 12.1 Å². The number of aromatic nitrogens is 3. The molecule has 0 saturated heterocycles. The number of aliphatic hydroxyl groups is 1. The number of ether oxygens (including phenoxy) is 1. The number of aliphatic hydroxyl groups excluding tert-OH is 1. The van der Waals surface area contributed by atoms with Crippen molar-refractivity contribution in [3.05, 3.63) is 46.1 Å². The molecule has 1 aromatic carbocycles. The van der Waals surface area contributed by atoms with Crippen LogP contribution in [-0.4, -0.2) is 33.4 Å². The molecule has 0 bridgehead atoms. The molecule has 3 rings (SSSR count). The number of pyridine rings is 1. The van der Waals surface area contributed by atoms with Gasteiger partial charge in [-0.05, 0) is 31.0 Å². The highest BCUT2D eigenvalue weighted by Crippen LogP contribution is 2.27. The van der Waals surface area contributed by atoms with Gasteiger partial charge < -0.3 is 15.2 Å². The molecule has 0 aliphatic carbocycles. The van der Waals surface area contributed by atoms with Gasteiger partial charge in [0.25, 0.3) is 0 Å². The van der Waals surface area contributed by atoms with Gasteiger partial charge in [-0.25, -0.2) is 9.78 Å². The SMILES string of the molecule is COc1n[nH]c2cc(NC(=O)N[C@H](C)c3ccc(Cl)c(C)c3)nc(CO)c12. The molecule has 142 valence electrons. The number of urea groups is 1. The Kier molecular flexibility index (Phi) is 5.48. The summed E-state index contributed by atoms with van der Waals surface area (Å²) >= 11 is 6.04. The number of nitrogens with zero attached hydrogens (tertiary/aromatic N) is 2. The molecule has 0 radical (unpaired) electrons. The second-order valence-electron chi connectivity index (χ2n) is 6.10. The summed E-state index contributed by atoms with van der Waals surface area (Å²) in [7, 11) is 1.48. The summed E-state index contributed by atoms with van der Waals surface area (Å²) in [6.07, 6.45) is 0. The van der Waals surface area contributed by atoms with Crippen molar-refractivity contribution in [1.82, 2.24) is 20.5 Å². The highest BCUT2D eigenvalue weighted by atomic mass is 35.5. The summed E-state index contributed by atoms with van der Waals surface area (Å²) in [6.45, 7) is 3.47. The molecule has 3 aromatic rings. The van der Waals surface area contributed by atoms with Crippen LogP contribution in [-0.2, 0) is 6.61 Å². The lowest BCUT2D eigenvalue weighted by molar-refractivity contribution is 0.249. The fourth-order valence-electron chi connectivity index (χ4n) is 2.79. The van der Waals surface area contributed by atoms with E-state index in [0.717, 1.165) is 11.1 Å². The summed E-state index contributed by atoms with van der Waals surface area (Å²) < 4.78 is 5.15. The van der Waals surface area contributed by atoms with Crippen molar-refractivity contribution in [3.8, 4) is 5.88 Å². The molecule has 1 atom stereocenters. The maximum absolute atomic E-state index is 12.3. The van der Waals surface area contributed by atoms with E-state index < -0.39 is 6.03 Å². The maximum Gasteiger partial charge on any atom is 0.320 e. The Labute approximate surface area is 160 Å². The molecule has 27 heavy (non-hydrogen) atoms. The van der Waals surface area contributed by atoms with Crippen molar-refractivity contribution < 1.29 is 14.6 Å². The number of anilines is 1. The number of fused-ring (bicyclic) bond motifs is 1. The van der Waals surface area contributed by atoms with E-state index in [0.29, 0.717) is 27.5 Å². The van der Waals surface area contributed by atoms with E-state index in [1.165, 1.54) is 7.11 Å². The summed E-state index contributed by atoms with van der Waals surface area (Å²) in [5, 5.41) is 23.2. The zero-order chi connectivity index (χ0) is 19.6. The molecule has 0 aliphatic heterocycles. The number of carbonyl (C=O) groups excluding carboxylic acids is 1. The Morgan fingerprint density at radius 1 is 1.41 bits per heavy atom. The number of hydrogen-bond donors (Lipinski definition) is 4. The predicted molar refractivity (Wildman–Crippen MR) is 103 cm³/mol. The number of methoxy groups -OCH3 is 1. The summed E-state index contributed by atoms with van der Waals surface area (Å²) in [5.74, 6) is 0.624. The molecule has 0 fully saturated rings. The van der Waals surface area contributed by atoms with Crippen molar-refractivity contribution in [3.63, 3.8) is 0 Å². The molecular formula is C18H20ClN5O3. The number of benzene rings is 1. The fourth-order valence-corrected chi connectivity index (χ4v) is 2.90. The second kappa shape index (κ2) is 7.81. The largest absolute Gasteiger partial charge is 0.479 e. The van der Waals surface area contributed by atoms with Crippen molar-refractivity contribution in [2.45, 2.75) is 26.5 Å². The van der Waals surface area contributed by atoms with Gasteiger partial charge in [0.05, 0.1) is 36.4 Å². The van der Waals surface area contributed by atoms with E-state index in [2.05, 4.69) is 25.8 Å². The Bertz CT molecular complexity index is 989. The summed E-state index contributed by atoms with van der Waals surface area (Å²) in [4.78, 5) is 16.6. The number of carbonyl (C=O) groups is 1. The van der Waals surface area contributed by atoms with Crippen LogP contribution >= 0.6 is 11.6 Å². The monoisotopic (exact) mass is 389 g/mol. The van der Waals surface area contributed by atoms with Crippen LogP contribution in [0.4, 0.5) is 10.6 Å². The van der Waals surface area contributed by atoms with Gasteiger partial charge in [0.15, 0.2) is 0 Å². The van der Waals surface area contributed by atoms with Crippen molar-refractivity contribution >= 4 is 34.4 Å². The maximum atomic E-state index is 12.3. The van der Waals surface area contributed by atoms with Crippen molar-refractivity contribution in [2.24, 2.45) is 0 Å². The van der Waals surface area contributed by atoms with Crippen LogP contribution in [0, 0.1) is 6.92 Å². The van der Waals surface area contributed by atoms with Crippen molar-refractivity contribution in [2.75, 3.05) is 12.4 Å². The lowest BCUT2D eigenvalue weighted by Crippen LogP contribution is -2.31.